The Morgan fingerprint density at radius 2 is 2.00 bits per heavy atom. The second-order valence-corrected chi connectivity index (χ2v) is 4.89. The second-order valence-electron chi connectivity index (χ2n) is 4.89. The van der Waals surface area contributed by atoms with Crippen molar-refractivity contribution in [3.8, 4) is 17.0 Å². The van der Waals surface area contributed by atoms with Crippen LogP contribution in [-0.2, 0) is 14.3 Å². The van der Waals surface area contributed by atoms with Crippen LogP contribution < -0.4 is 4.74 Å². The number of benzene rings is 1. The number of aliphatic carboxylic acids is 1. The predicted molar refractivity (Wildman–Crippen MR) is 87.4 cm³/mol. The lowest BCUT2D eigenvalue weighted by atomic mass is 10.0. The first kappa shape index (κ1) is 17.3. The van der Waals surface area contributed by atoms with E-state index in [0.717, 1.165) is 5.56 Å². The zero-order valence-electron chi connectivity index (χ0n) is 13.4. The third-order valence-corrected chi connectivity index (χ3v) is 3.26. The first-order valence-corrected chi connectivity index (χ1v) is 7.32. The van der Waals surface area contributed by atoms with Gasteiger partial charge in [0.1, 0.15) is 5.75 Å². The zero-order chi connectivity index (χ0) is 17.5. The molecule has 2 N–H and O–H groups in total. The fourth-order valence-corrected chi connectivity index (χ4v) is 2.15. The molecule has 1 heterocycles. The molecule has 1 aromatic heterocycles. The Hall–Kier alpha value is -3.09. The summed E-state index contributed by atoms with van der Waals surface area (Å²) in [7, 11) is 1.58. The molecular formula is C17H18N2O5. The average Bonchev–Trinajstić information content (AvgIpc) is 3.02. The molecule has 1 aromatic carbocycles. The van der Waals surface area contributed by atoms with Crippen molar-refractivity contribution in [2.24, 2.45) is 0 Å². The molecule has 0 radical (unpaired) electrons. The standard InChI is InChI=1S/C17H18N2O5/c1-3-24-17(22)12(9-15(20)21)8-13-10-18-19-16(13)11-4-6-14(23-2)7-5-11/h4-8,10H,3,9H2,1-2H3,(H,18,19)(H,20,21)/b12-8+. The number of carboxylic acid groups (broad SMARTS) is 1. The van der Waals surface area contributed by atoms with Gasteiger partial charge in [-0.1, -0.05) is 0 Å². The zero-order valence-corrected chi connectivity index (χ0v) is 13.4. The van der Waals surface area contributed by atoms with Crippen molar-refractivity contribution in [1.29, 1.82) is 0 Å². The van der Waals surface area contributed by atoms with Crippen molar-refractivity contribution >= 4 is 18.0 Å². The van der Waals surface area contributed by atoms with E-state index in [0.29, 0.717) is 17.0 Å². The molecule has 0 aliphatic heterocycles. The lowest BCUT2D eigenvalue weighted by molar-refractivity contribution is -0.142. The van der Waals surface area contributed by atoms with Gasteiger partial charge in [-0.3, -0.25) is 9.89 Å². The van der Waals surface area contributed by atoms with Crippen LogP contribution in [0.2, 0.25) is 0 Å². The van der Waals surface area contributed by atoms with Gasteiger partial charge in [-0.05, 0) is 37.3 Å². The Morgan fingerprint density at radius 1 is 1.29 bits per heavy atom. The highest BCUT2D eigenvalue weighted by Crippen LogP contribution is 2.26. The van der Waals surface area contributed by atoms with Crippen molar-refractivity contribution in [3.63, 3.8) is 0 Å². The number of aromatic amines is 1. The Kier molecular flexibility index (Phi) is 5.73. The minimum atomic E-state index is -1.11. The molecule has 0 saturated carbocycles. The van der Waals surface area contributed by atoms with Crippen LogP contribution in [0.3, 0.4) is 0 Å². The Morgan fingerprint density at radius 3 is 2.58 bits per heavy atom. The van der Waals surface area contributed by atoms with Crippen LogP contribution in [0.25, 0.3) is 17.3 Å². The molecule has 0 fully saturated rings. The van der Waals surface area contributed by atoms with Gasteiger partial charge >= 0.3 is 11.9 Å². The number of carbonyl (C=O) groups is 2. The van der Waals surface area contributed by atoms with E-state index in [2.05, 4.69) is 10.2 Å². The third kappa shape index (κ3) is 4.22. The van der Waals surface area contributed by atoms with Gasteiger partial charge in [0.05, 0.1) is 32.0 Å². The fraction of sp³-hybridized carbons (Fsp3) is 0.235. The minimum absolute atomic E-state index is 0.0560. The summed E-state index contributed by atoms with van der Waals surface area (Å²) in [4.78, 5) is 22.9. The number of hydrogen-bond acceptors (Lipinski definition) is 5. The van der Waals surface area contributed by atoms with Crippen LogP contribution in [0.1, 0.15) is 18.9 Å². The number of esters is 1. The van der Waals surface area contributed by atoms with E-state index in [9.17, 15) is 9.59 Å². The molecule has 0 unspecified atom stereocenters. The third-order valence-electron chi connectivity index (χ3n) is 3.26. The number of carbonyl (C=O) groups excluding carboxylic acids is 1. The summed E-state index contributed by atoms with van der Waals surface area (Å²) in [5.41, 5.74) is 2.16. The number of H-pyrrole nitrogens is 1. The molecule has 0 saturated heterocycles. The Balaban J connectivity index is 2.38. The first-order valence-electron chi connectivity index (χ1n) is 7.32. The van der Waals surface area contributed by atoms with E-state index < -0.39 is 18.4 Å². The van der Waals surface area contributed by atoms with E-state index in [4.69, 9.17) is 14.6 Å². The van der Waals surface area contributed by atoms with Crippen molar-refractivity contribution < 1.29 is 24.2 Å². The van der Waals surface area contributed by atoms with Crippen molar-refractivity contribution in [1.82, 2.24) is 10.2 Å². The van der Waals surface area contributed by atoms with E-state index in [1.54, 1.807) is 26.2 Å². The van der Waals surface area contributed by atoms with E-state index in [1.807, 2.05) is 12.1 Å². The summed E-state index contributed by atoms with van der Waals surface area (Å²) >= 11 is 0. The second kappa shape index (κ2) is 7.96. The van der Waals surface area contributed by atoms with Gasteiger partial charge < -0.3 is 14.6 Å². The summed E-state index contributed by atoms with van der Waals surface area (Å²) in [5, 5.41) is 15.8. The highest BCUT2D eigenvalue weighted by molar-refractivity contribution is 5.98. The van der Waals surface area contributed by atoms with Gasteiger partial charge in [0.15, 0.2) is 0 Å². The normalized spacial score (nSPS) is 11.2. The van der Waals surface area contributed by atoms with Crippen LogP contribution in [0.15, 0.2) is 36.0 Å². The Labute approximate surface area is 138 Å². The molecule has 2 aromatic rings. The van der Waals surface area contributed by atoms with Gasteiger partial charge in [-0.2, -0.15) is 5.10 Å². The van der Waals surface area contributed by atoms with Crippen molar-refractivity contribution in [2.75, 3.05) is 13.7 Å². The molecule has 0 aliphatic carbocycles. The maximum absolute atomic E-state index is 11.9. The smallest absolute Gasteiger partial charge is 0.334 e. The summed E-state index contributed by atoms with van der Waals surface area (Å²) < 4.78 is 10.0. The summed E-state index contributed by atoms with van der Waals surface area (Å²) in [6.45, 7) is 1.84. The van der Waals surface area contributed by atoms with Gasteiger partial charge in [0.2, 0.25) is 0 Å². The largest absolute Gasteiger partial charge is 0.497 e. The highest BCUT2D eigenvalue weighted by atomic mass is 16.5. The maximum atomic E-state index is 11.9. The van der Waals surface area contributed by atoms with Crippen LogP contribution in [0.4, 0.5) is 0 Å². The number of methoxy groups -OCH3 is 1. The molecule has 24 heavy (non-hydrogen) atoms. The molecule has 7 heteroatoms. The molecule has 126 valence electrons. The summed E-state index contributed by atoms with van der Waals surface area (Å²) in [6, 6.07) is 7.27. The number of carboxylic acids is 1. The molecule has 0 bridgehead atoms. The molecule has 0 aliphatic rings. The fourth-order valence-electron chi connectivity index (χ4n) is 2.15. The highest BCUT2D eigenvalue weighted by Gasteiger charge is 2.16. The molecule has 7 nitrogen and oxygen atoms in total. The van der Waals surface area contributed by atoms with Crippen LogP contribution in [0.5, 0.6) is 5.75 Å². The predicted octanol–water partition coefficient (Wildman–Crippen LogP) is 2.51. The molecular weight excluding hydrogens is 312 g/mol. The lowest BCUT2D eigenvalue weighted by Gasteiger charge is -2.06. The minimum Gasteiger partial charge on any atom is -0.497 e. The maximum Gasteiger partial charge on any atom is 0.334 e. The molecule has 2 rings (SSSR count). The number of ether oxygens (including phenoxy) is 2. The van der Waals surface area contributed by atoms with Gasteiger partial charge in [0.25, 0.3) is 0 Å². The monoisotopic (exact) mass is 330 g/mol. The van der Waals surface area contributed by atoms with Crippen LogP contribution >= 0.6 is 0 Å². The Bertz CT molecular complexity index is 747. The number of nitrogens with zero attached hydrogens (tertiary/aromatic N) is 1. The number of aromatic nitrogens is 2. The van der Waals surface area contributed by atoms with Crippen LogP contribution in [-0.4, -0.2) is 41.0 Å². The molecule has 0 atom stereocenters. The van der Waals surface area contributed by atoms with Crippen LogP contribution in [0, 0.1) is 0 Å². The van der Waals surface area contributed by atoms with E-state index >= 15 is 0 Å². The SMILES string of the molecule is CCOC(=O)/C(=C/c1cn[nH]c1-c1ccc(OC)cc1)CC(=O)O. The number of hydrogen-bond donors (Lipinski definition) is 2. The quantitative estimate of drug-likeness (QED) is 0.597. The van der Waals surface area contributed by atoms with Gasteiger partial charge in [-0.25, -0.2) is 4.79 Å². The van der Waals surface area contributed by atoms with Gasteiger partial charge in [-0.15, -0.1) is 0 Å². The van der Waals surface area contributed by atoms with Crippen molar-refractivity contribution in [3.05, 3.63) is 41.6 Å². The topological polar surface area (TPSA) is 102 Å². The first-order chi connectivity index (χ1) is 11.5. The molecule has 0 amide bonds. The summed E-state index contributed by atoms with van der Waals surface area (Å²) in [6.07, 6.45) is 2.59. The van der Waals surface area contributed by atoms with Crippen molar-refractivity contribution in [2.45, 2.75) is 13.3 Å². The number of nitrogens with one attached hydrogen (secondary N) is 1. The average molecular weight is 330 g/mol. The van der Waals surface area contributed by atoms with Gasteiger partial charge in [0, 0.05) is 16.7 Å². The summed E-state index contributed by atoms with van der Waals surface area (Å²) in [5.74, 6) is -1.04. The molecule has 0 spiro atoms. The lowest BCUT2D eigenvalue weighted by Crippen LogP contribution is -2.11. The van der Waals surface area contributed by atoms with E-state index in [1.165, 1.54) is 12.3 Å². The van der Waals surface area contributed by atoms with E-state index in [-0.39, 0.29) is 12.2 Å². The number of rotatable bonds is 7.